The summed E-state index contributed by atoms with van der Waals surface area (Å²) in [5.41, 5.74) is 2.17. The van der Waals surface area contributed by atoms with Crippen LogP contribution in [0.2, 0.25) is 0 Å². The van der Waals surface area contributed by atoms with Gasteiger partial charge in [0, 0.05) is 51.3 Å². The molecule has 2 aromatic heterocycles. The lowest BCUT2D eigenvalue weighted by Gasteiger charge is -2.21. The Bertz CT molecular complexity index is 899. The van der Waals surface area contributed by atoms with Gasteiger partial charge in [-0.2, -0.15) is 5.10 Å². The lowest BCUT2D eigenvalue weighted by Crippen LogP contribution is -2.38. The molecule has 2 heterocycles. The molecule has 29 heavy (non-hydrogen) atoms. The molecule has 156 valence electrons. The summed E-state index contributed by atoms with van der Waals surface area (Å²) in [5.74, 6) is 2.42. The second kappa shape index (κ2) is 11.0. The van der Waals surface area contributed by atoms with Crippen LogP contribution in [0.4, 0.5) is 0 Å². The molecular weight excluding hydrogens is 477 g/mol. The number of hydrogen-bond donors (Lipinski definition) is 1. The number of aliphatic imine (C=N–C) groups is 1. The van der Waals surface area contributed by atoms with Crippen molar-refractivity contribution >= 4 is 29.9 Å². The highest BCUT2D eigenvalue weighted by Gasteiger charge is 2.11. The van der Waals surface area contributed by atoms with E-state index in [4.69, 9.17) is 0 Å². The lowest BCUT2D eigenvalue weighted by atomic mass is 10.2. The van der Waals surface area contributed by atoms with Gasteiger partial charge in [-0.15, -0.1) is 24.0 Å². The number of rotatable bonds is 7. The predicted molar refractivity (Wildman–Crippen MR) is 128 cm³/mol. The normalized spacial score (nSPS) is 11.4. The molecule has 0 aliphatic rings. The van der Waals surface area contributed by atoms with Crippen molar-refractivity contribution in [1.82, 2.24) is 29.5 Å². The third-order valence-electron chi connectivity index (χ3n) is 4.42. The van der Waals surface area contributed by atoms with Crippen molar-refractivity contribution in [2.45, 2.75) is 33.5 Å². The van der Waals surface area contributed by atoms with E-state index in [0.29, 0.717) is 19.0 Å². The third-order valence-corrected chi connectivity index (χ3v) is 4.42. The minimum atomic E-state index is 0. The third kappa shape index (κ3) is 6.31. The number of halogens is 1. The van der Waals surface area contributed by atoms with Crippen molar-refractivity contribution in [2.24, 2.45) is 10.9 Å². The highest BCUT2D eigenvalue weighted by molar-refractivity contribution is 14.0. The average Bonchev–Trinajstić information content (AvgIpc) is 3.32. The molecule has 0 radical (unpaired) electrons. The largest absolute Gasteiger partial charge is 0.349 e. The molecule has 0 unspecified atom stereocenters. The molecule has 1 N–H and O–H groups in total. The van der Waals surface area contributed by atoms with E-state index in [0.717, 1.165) is 29.6 Å². The highest BCUT2D eigenvalue weighted by Crippen LogP contribution is 2.09. The van der Waals surface area contributed by atoms with E-state index < -0.39 is 0 Å². The number of hydrogen-bond acceptors (Lipinski definition) is 3. The molecule has 0 aliphatic heterocycles. The number of aromatic nitrogens is 4. The minimum Gasteiger partial charge on any atom is -0.349 e. The van der Waals surface area contributed by atoms with Gasteiger partial charge in [0.1, 0.15) is 5.82 Å². The first-order valence-electron chi connectivity index (χ1n) is 9.57. The van der Waals surface area contributed by atoms with Gasteiger partial charge in [-0.1, -0.05) is 32.0 Å². The summed E-state index contributed by atoms with van der Waals surface area (Å²) in [6.07, 6.45) is 7.83. The SMILES string of the molecule is CN=C(NCc1nccn1CC(C)C)N(C)Cc1cnn(-c2ccccc2)c1.I. The summed E-state index contributed by atoms with van der Waals surface area (Å²) in [6.45, 7) is 6.73. The van der Waals surface area contributed by atoms with Crippen LogP contribution in [0.5, 0.6) is 0 Å². The van der Waals surface area contributed by atoms with Gasteiger partial charge < -0.3 is 14.8 Å². The Labute approximate surface area is 189 Å². The zero-order chi connectivity index (χ0) is 19.9. The molecule has 8 heteroatoms. The van der Waals surface area contributed by atoms with Gasteiger partial charge in [-0.25, -0.2) is 9.67 Å². The van der Waals surface area contributed by atoms with Crippen molar-refractivity contribution in [3.05, 3.63) is 66.5 Å². The summed E-state index contributed by atoms with van der Waals surface area (Å²) in [4.78, 5) is 11.0. The van der Waals surface area contributed by atoms with Gasteiger partial charge >= 0.3 is 0 Å². The van der Waals surface area contributed by atoms with Crippen LogP contribution in [0.25, 0.3) is 5.69 Å². The highest BCUT2D eigenvalue weighted by atomic mass is 127. The molecule has 0 fully saturated rings. The molecule has 0 atom stereocenters. The van der Waals surface area contributed by atoms with E-state index in [1.165, 1.54) is 0 Å². The smallest absolute Gasteiger partial charge is 0.194 e. The maximum absolute atomic E-state index is 4.47. The Hall–Kier alpha value is -2.36. The number of nitrogens with one attached hydrogen (secondary N) is 1. The van der Waals surface area contributed by atoms with Crippen LogP contribution in [0, 0.1) is 5.92 Å². The molecule has 3 rings (SSSR count). The van der Waals surface area contributed by atoms with Crippen LogP contribution in [-0.4, -0.2) is 44.3 Å². The van der Waals surface area contributed by atoms with Crippen molar-refractivity contribution in [2.75, 3.05) is 14.1 Å². The van der Waals surface area contributed by atoms with Gasteiger partial charge in [-0.05, 0) is 18.1 Å². The first-order chi connectivity index (χ1) is 13.6. The van der Waals surface area contributed by atoms with Crippen LogP contribution in [0.1, 0.15) is 25.2 Å². The quantitative estimate of drug-likeness (QED) is 0.302. The monoisotopic (exact) mass is 507 g/mol. The fraction of sp³-hybridized carbons (Fsp3) is 0.381. The van der Waals surface area contributed by atoms with Crippen LogP contribution >= 0.6 is 24.0 Å². The molecule has 0 amide bonds. The molecule has 0 spiro atoms. The van der Waals surface area contributed by atoms with Gasteiger partial charge in [0.05, 0.1) is 18.4 Å². The maximum Gasteiger partial charge on any atom is 0.194 e. The standard InChI is InChI=1S/C21H29N7.HI/c1-17(2)14-27-11-10-23-20(27)13-24-21(22-3)26(4)15-18-12-25-28(16-18)19-8-6-5-7-9-19;/h5-12,16-17H,13-15H2,1-4H3,(H,22,24);1H. The Balaban J connectivity index is 0.00000300. The minimum absolute atomic E-state index is 0. The number of benzene rings is 1. The van der Waals surface area contributed by atoms with Crippen molar-refractivity contribution in [3.8, 4) is 5.69 Å². The first-order valence-corrected chi connectivity index (χ1v) is 9.57. The molecule has 3 aromatic rings. The Morgan fingerprint density at radius 2 is 2.00 bits per heavy atom. The van der Waals surface area contributed by atoms with E-state index >= 15 is 0 Å². The Morgan fingerprint density at radius 3 is 2.69 bits per heavy atom. The van der Waals surface area contributed by atoms with Crippen molar-refractivity contribution in [1.29, 1.82) is 0 Å². The molecular formula is C21H30IN7. The van der Waals surface area contributed by atoms with E-state index in [9.17, 15) is 0 Å². The molecule has 0 saturated carbocycles. The first kappa shape index (κ1) is 22.9. The number of nitrogens with zero attached hydrogens (tertiary/aromatic N) is 6. The fourth-order valence-electron chi connectivity index (χ4n) is 3.12. The van der Waals surface area contributed by atoms with Crippen LogP contribution < -0.4 is 5.32 Å². The molecule has 0 bridgehead atoms. The van der Waals surface area contributed by atoms with E-state index in [-0.39, 0.29) is 24.0 Å². The summed E-state index contributed by atoms with van der Waals surface area (Å²) in [6, 6.07) is 10.1. The summed E-state index contributed by atoms with van der Waals surface area (Å²) < 4.78 is 4.08. The second-order valence-corrected chi connectivity index (χ2v) is 7.28. The van der Waals surface area contributed by atoms with Gasteiger partial charge in [-0.3, -0.25) is 4.99 Å². The zero-order valence-corrected chi connectivity index (χ0v) is 19.8. The molecule has 1 aromatic carbocycles. The van der Waals surface area contributed by atoms with E-state index in [1.54, 1.807) is 7.05 Å². The van der Waals surface area contributed by atoms with Crippen LogP contribution in [0.15, 0.2) is 60.1 Å². The maximum atomic E-state index is 4.47. The summed E-state index contributed by atoms with van der Waals surface area (Å²) >= 11 is 0. The number of imidazole rings is 1. The Kier molecular flexibility index (Phi) is 8.69. The van der Waals surface area contributed by atoms with Gasteiger partial charge in [0.25, 0.3) is 0 Å². The summed E-state index contributed by atoms with van der Waals surface area (Å²) in [5, 5.41) is 7.88. The summed E-state index contributed by atoms with van der Waals surface area (Å²) in [7, 11) is 3.82. The molecule has 0 aliphatic carbocycles. The van der Waals surface area contributed by atoms with Crippen LogP contribution in [-0.2, 0) is 19.6 Å². The van der Waals surface area contributed by atoms with Gasteiger partial charge in [0.15, 0.2) is 5.96 Å². The average molecular weight is 507 g/mol. The van der Waals surface area contributed by atoms with Crippen molar-refractivity contribution < 1.29 is 0 Å². The second-order valence-electron chi connectivity index (χ2n) is 7.28. The number of para-hydroxylation sites is 1. The topological polar surface area (TPSA) is 63.3 Å². The van der Waals surface area contributed by atoms with Crippen LogP contribution in [0.3, 0.4) is 0 Å². The molecule has 0 saturated heterocycles. The Morgan fingerprint density at radius 1 is 1.24 bits per heavy atom. The number of guanidine groups is 1. The van der Waals surface area contributed by atoms with Crippen molar-refractivity contribution in [3.63, 3.8) is 0 Å². The van der Waals surface area contributed by atoms with Gasteiger partial charge in [0.2, 0.25) is 0 Å². The zero-order valence-electron chi connectivity index (χ0n) is 17.5. The van der Waals surface area contributed by atoms with E-state index in [2.05, 4.69) is 49.9 Å². The van der Waals surface area contributed by atoms with E-state index in [1.807, 2.05) is 60.7 Å². The lowest BCUT2D eigenvalue weighted by molar-refractivity contribution is 0.468. The fourth-order valence-corrected chi connectivity index (χ4v) is 3.12. The predicted octanol–water partition coefficient (Wildman–Crippen LogP) is 3.55. The molecule has 7 nitrogen and oxygen atoms in total.